The number of rotatable bonds is 6. The molecule has 1 aromatic carbocycles. The molecule has 0 bridgehead atoms. The molecule has 2 N–H and O–H groups in total. The zero-order valence-electron chi connectivity index (χ0n) is 11.1. The van der Waals surface area contributed by atoms with E-state index >= 15 is 0 Å². The molecule has 0 radical (unpaired) electrons. The first-order chi connectivity index (χ1) is 10.2. The molecule has 2 aromatic rings. The summed E-state index contributed by atoms with van der Waals surface area (Å²) in [6, 6.07) is 9.23. The van der Waals surface area contributed by atoms with Gasteiger partial charge in [-0.2, -0.15) is 16.9 Å². The number of benzene rings is 1. The Balaban J connectivity index is 1.70. The van der Waals surface area contributed by atoms with Gasteiger partial charge in [-0.15, -0.1) is 0 Å². The molecule has 0 spiro atoms. The average Bonchev–Trinajstić information content (AvgIpc) is 2.49. The second-order valence-electron chi connectivity index (χ2n) is 4.21. The summed E-state index contributed by atoms with van der Waals surface area (Å²) in [5.74, 6) is 0.646. The van der Waals surface area contributed by atoms with Crippen LogP contribution in [0, 0.1) is 5.82 Å². The van der Waals surface area contributed by atoms with Gasteiger partial charge in [0.15, 0.2) is 0 Å². The molecule has 1 aromatic heterocycles. The number of nitrogens with zero attached hydrogens (tertiary/aromatic N) is 1. The second kappa shape index (κ2) is 7.58. The van der Waals surface area contributed by atoms with E-state index in [4.69, 9.17) is 0 Å². The Morgan fingerprint density at radius 2 is 2.10 bits per heavy atom. The van der Waals surface area contributed by atoms with Crippen molar-refractivity contribution in [2.45, 2.75) is 5.75 Å². The van der Waals surface area contributed by atoms with Crippen molar-refractivity contribution in [3.8, 4) is 0 Å². The highest BCUT2D eigenvalue weighted by Crippen LogP contribution is 2.14. The van der Waals surface area contributed by atoms with Gasteiger partial charge in [-0.25, -0.2) is 9.49 Å². The zero-order chi connectivity index (χ0) is 15.1. The van der Waals surface area contributed by atoms with Crippen LogP contribution >= 0.6 is 11.8 Å². The Hall–Kier alpha value is -2.15. The molecule has 7 heteroatoms. The number of aromatic nitrogens is 2. The van der Waals surface area contributed by atoms with E-state index in [-0.39, 0.29) is 23.0 Å². The Bertz CT molecular complexity index is 655. The van der Waals surface area contributed by atoms with Crippen molar-refractivity contribution in [2.24, 2.45) is 0 Å². The molecule has 0 saturated heterocycles. The maximum Gasteiger partial charge on any atom is 0.271 e. The Morgan fingerprint density at radius 1 is 1.29 bits per heavy atom. The molecule has 5 nitrogen and oxygen atoms in total. The van der Waals surface area contributed by atoms with Crippen LogP contribution in [0.5, 0.6) is 0 Å². The van der Waals surface area contributed by atoms with Crippen LogP contribution in [0.15, 0.2) is 41.2 Å². The highest BCUT2D eigenvalue weighted by Gasteiger charge is 2.06. The fraction of sp³-hybridized carbons (Fsp3) is 0.214. The van der Waals surface area contributed by atoms with Crippen molar-refractivity contribution < 1.29 is 9.18 Å². The molecule has 0 atom stereocenters. The topological polar surface area (TPSA) is 74.8 Å². The third-order valence-electron chi connectivity index (χ3n) is 2.66. The number of aromatic amines is 1. The molecule has 0 aliphatic rings. The number of carbonyl (C=O) groups is 1. The summed E-state index contributed by atoms with van der Waals surface area (Å²) >= 11 is 1.53. The van der Waals surface area contributed by atoms with E-state index in [2.05, 4.69) is 15.5 Å². The first-order valence-corrected chi connectivity index (χ1v) is 7.47. The SMILES string of the molecule is O=C(NCCSCc1ccccc1F)c1ccc(=O)[nH]n1. The van der Waals surface area contributed by atoms with Crippen LogP contribution in [-0.2, 0) is 5.75 Å². The molecule has 0 saturated carbocycles. The molecule has 2 rings (SSSR count). The largest absolute Gasteiger partial charge is 0.350 e. The fourth-order valence-corrected chi connectivity index (χ4v) is 2.44. The summed E-state index contributed by atoms with van der Waals surface area (Å²) in [7, 11) is 0. The van der Waals surface area contributed by atoms with Crippen molar-refractivity contribution in [2.75, 3.05) is 12.3 Å². The van der Waals surface area contributed by atoms with E-state index in [0.717, 1.165) is 0 Å². The van der Waals surface area contributed by atoms with Gasteiger partial charge in [-0.3, -0.25) is 9.59 Å². The second-order valence-corrected chi connectivity index (χ2v) is 5.31. The number of hydrogen-bond donors (Lipinski definition) is 2. The van der Waals surface area contributed by atoms with Gasteiger partial charge in [0.05, 0.1) is 0 Å². The first-order valence-electron chi connectivity index (χ1n) is 6.32. The highest BCUT2D eigenvalue weighted by atomic mass is 32.2. The third-order valence-corrected chi connectivity index (χ3v) is 3.67. The molecule has 110 valence electrons. The summed E-state index contributed by atoms with van der Waals surface area (Å²) in [6.45, 7) is 0.443. The van der Waals surface area contributed by atoms with Gasteiger partial charge in [0, 0.05) is 24.1 Å². The number of carbonyl (C=O) groups excluding carboxylic acids is 1. The summed E-state index contributed by atoms with van der Waals surface area (Å²) in [4.78, 5) is 22.5. The van der Waals surface area contributed by atoms with Crippen LogP contribution in [0.2, 0.25) is 0 Å². The van der Waals surface area contributed by atoms with Crippen molar-refractivity contribution in [3.63, 3.8) is 0 Å². The molecular formula is C14H14FN3O2S. The molecule has 0 aliphatic carbocycles. The normalized spacial score (nSPS) is 10.3. The van der Waals surface area contributed by atoms with Crippen LogP contribution in [0.4, 0.5) is 4.39 Å². The van der Waals surface area contributed by atoms with E-state index in [1.54, 1.807) is 18.2 Å². The Kier molecular flexibility index (Phi) is 5.51. The van der Waals surface area contributed by atoms with Crippen LogP contribution in [-0.4, -0.2) is 28.4 Å². The zero-order valence-corrected chi connectivity index (χ0v) is 12.0. The maximum atomic E-state index is 13.4. The van der Waals surface area contributed by atoms with Crippen molar-refractivity contribution >= 4 is 17.7 Å². The minimum absolute atomic E-state index is 0.161. The summed E-state index contributed by atoms with van der Waals surface area (Å²) in [5, 5.41) is 8.51. The number of hydrogen-bond acceptors (Lipinski definition) is 4. The number of amides is 1. The third kappa shape index (κ3) is 4.71. The predicted octanol–water partition coefficient (Wildman–Crippen LogP) is 1.57. The van der Waals surface area contributed by atoms with Gasteiger partial charge in [0.2, 0.25) is 0 Å². The lowest BCUT2D eigenvalue weighted by Crippen LogP contribution is -2.27. The van der Waals surface area contributed by atoms with Gasteiger partial charge >= 0.3 is 0 Å². The summed E-state index contributed by atoms with van der Waals surface area (Å²) in [6.07, 6.45) is 0. The van der Waals surface area contributed by atoms with Crippen molar-refractivity contribution in [3.05, 3.63) is 63.8 Å². The average molecular weight is 307 g/mol. The van der Waals surface area contributed by atoms with Crippen molar-refractivity contribution in [1.29, 1.82) is 0 Å². The fourth-order valence-electron chi connectivity index (χ4n) is 1.60. The van der Waals surface area contributed by atoms with Crippen LogP contribution in [0.1, 0.15) is 16.1 Å². The lowest BCUT2D eigenvalue weighted by Gasteiger charge is -2.05. The Morgan fingerprint density at radius 3 is 2.81 bits per heavy atom. The van der Waals surface area contributed by atoms with Gasteiger partial charge in [0.1, 0.15) is 11.5 Å². The van der Waals surface area contributed by atoms with E-state index < -0.39 is 0 Å². The highest BCUT2D eigenvalue weighted by molar-refractivity contribution is 7.98. The van der Waals surface area contributed by atoms with Gasteiger partial charge < -0.3 is 5.32 Å². The monoisotopic (exact) mass is 307 g/mol. The quantitative estimate of drug-likeness (QED) is 0.795. The van der Waals surface area contributed by atoms with E-state index in [9.17, 15) is 14.0 Å². The number of nitrogens with one attached hydrogen (secondary N) is 2. The first kappa shape index (κ1) is 15.2. The summed E-state index contributed by atoms with van der Waals surface area (Å²) in [5.41, 5.74) is 0.455. The molecule has 0 aliphatic heterocycles. The summed E-state index contributed by atoms with van der Waals surface area (Å²) < 4.78 is 13.4. The molecule has 0 unspecified atom stereocenters. The maximum absolute atomic E-state index is 13.4. The minimum Gasteiger partial charge on any atom is -0.350 e. The lowest BCUT2D eigenvalue weighted by atomic mass is 10.2. The van der Waals surface area contributed by atoms with Crippen LogP contribution < -0.4 is 10.9 Å². The van der Waals surface area contributed by atoms with Crippen LogP contribution in [0.25, 0.3) is 0 Å². The molecular weight excluding hydrogens is 293 g/mol. The standard InChI is InChI=1S/C14H14FN3O2S/c15-11-4-2-1-3-10(11)9-21-8-7-16-14(20)12-5-6-13(19)18-17-12/h1-6H,7-9H2,(H,16,20)(H,18,19). The van der Waals surface area contributed by atoms with E-state index in [1.165, 1.54) is 30.0 Å². The van der Waals surface area contributed by atoms with Gasteiger partial charge in [0.25, 0.3) is 11.5 Å². The van der Waals surface area contributed by atoms with Gasteiger partial charge in [-0.1, -0.05) is 18.2 Å². The van der Waals surface area contributed by atoms with E-state index in [1.807, 2.05) is 0 Å². The van der Waals surface area contributed by atoms with Crippen molar-refractivity contribution in [1.82, 2.24) is 15.5 Å². The predicted molar refractivity (Wildman–Crippen MR) is 79.8 cm³/mol. The molecule has 0 fully saturated rings. The molecule has 1 amide bonds. The molecule has 21 heavy (non-hydrogen) atoms. The van der Waals surface area contributed by atoms with Gasteiger partial charge in [-0.05, 0) is 17.7 Å². The minimum atomic E-state index is -0.355. The Labute approximate surface area is 125 Å². The van der Waals surface area contributed by atoms with E-state index in [0.29, 0.717) is 23.6 Å². The number of H-pyrrole nitrogens is 1. The number of halogens is 1. The smallest absolute Gasteiger partial charge is 0.271 e. The van der Waals surface area contributed by atoms with Crippen LogP contribution in [0.3, 0.4) is 0 Å². The lowest BCUT2D eigenvalue weighted by molar-refractivity contribution is 0.0950. The number of thioether (sulfide) groups is 1. The molecule has 1 heterocycles.